The van der Waals surface area contributed by atoms with Crippen LogP contribution in [0.15, 0.2) is 0 Å². The van der Waals surface area contributed by atoms with Crippen LogP contribution in [0.1, 0.15) is 47.0 Å². The minimum absolute atomic E-state index is 0.162. The van der Waals surface area contributed by atoms with Crippen LogP contribution in [0, 0.1) is 5.92 Å². The number of ether oxygens (including phenoxy) is 1. The van der Waals surface area contributed by atoms with Crippen molar-refractivity contribution in [3.63, 3.8) is 0 Å². The van der Waals surface area contributed by atoms with Crippen molar-refractivity contribution >= 4 is 5.97 Å². The van der Waals surface area contributed by atoms with Gasteiger partial charge in [-0.05, 0) is 52.2 Å². The molecule has 1 unspecified atom stereocenters. The van der Waals surface area contributed by atoms with Gasteiger partial charge in [0, 0.05) is 6.54 Å². The lowest BCUT2D eigenvalue weighted by molar-refractivity contribution is -0.148. The second kappa shape index (κ2) is 9.32. The molecule has 0 fully saturated rings. The zero-order chi connectivity index (χ0) is 14.9. The van der Waals surface area contributed by atoms with Gasteiger partial charge in [-0.25, -0.2) is 0 Å². The molecule has 0 saturated carbocycles. The van der Waals surface area contributed by atoms with Gasteiger partial charge in [0.2, 0.25) is 0 Å². The fraction of sp³-hybridized carbons (Fsp3) is 0.933. The maximum atomic E-state index is 11.8. The molecule has 19 heavy (non-hydrogen) atoms. The zero-order valence-electron chi connectivity index (χ0n) is 13.6. The normalized spacial score (nSPS) is 14.7. The highest BCUT2D eigenvalue weighted by atomic mass is 16.5. The van der Waals surface area contributed by atoms with Crippen molar-refractivity contribution in [2.24, 2.45) is 5.92 Å². The number of methoxy groups -OCH3 is 1. The van der Waals surface area contributed by atoms with E-state index in [9.17, 15) is 4.79 Å². The number of hydrogen-bond acceptors (Lipinski definition) is 4. The number of hydrogen-bond donors (Lipinski definition) is 1. The second-order valence-corrected chi connectivity index (χ2v) is 5.97. The second-order valence-electron chi connectivity index (χ2n) is 5.97. The van der Waals surface area contributed by atoms with Gasteiger partial charge in [0.15, 0.2) is 0 Å². The van der Waals surface area contributed by atoms with Gasteiger partial charge in [-0.1, -0.05) is 20.8 Å². The lowest BCUT2D eigenvalue weighted by Gasteiger charge is -2.28. The molecule has 0 spiro atoms. The Labute approximate surface area is 118 Å². The topological polar surface area (TPSA) is 41.6 Å². The molecule has 0 saturated heterocycles. The number of likely N-dealkylation sites (N-methyl/N-ethyl adjacent to an activating group) is 1. The van der Waals surface area contributed by atoms with Crippen LogP contribution in [0.25, 0.3) is 0 Å². The molecule has 0 aliphatic heterocycles. The molecule has 4 nitrogen and oxygen atoms in total. The smallest absolute Gasteiger partial charge is 0.325 e. The molecule has 0 aromatic carbocycles. The van der Waals surface area contributed by atoms with Gasteiger partial charge in [-0.3, -0.25) is 4.79 Å². The first kappa shape index (κ1) is 18.4. The Morgan fingerprint density at radius 1 is 1.37 bits per heavy atom. The molecular formula is C15H32N2O2. The van der Waals surface area contributed by atoms with E-state index in [-0.39, 0.29) is 5.97 Å². The summed E-state index contributed by atoms with van der Waals surface area (Å²) in [4.78, 5) is 14.2. The van der Waals surface area contributed by atoms with Crippen molar-refractivity contribution in [2.45, 2.75) is 52.5 Å². The van der Waals surface area contributed by atoms with Gasteiger partial charge in [-0.15, -0.1) is 0 Å². The fourth-order valence-corrected chi connectivity index (χ4v) is 2.45. The summed E-state index contributed by atoms with van der Waals surface area (Å²) >= 11 is 0. The largest absolute Gasteiger partial charge is 0.468 e. The molecule has 1 atom stereocenters. The maximum absolute atomic E-state index is 11.8. The molecule has 0 heterocycles. The maximum Gasteiger partial charge on any atom is 0.325 e. The number of rotatable bonds is 10. The summed E-state index contributed by atoms with van der Waals surface area (Å²) < 4.78 is 4.89. The van der Waals surface area contributed by atoms with E-state index >= 15 is 0 Å². The number of unbranched alkanes of at least 4 members (excludes halogenated alkanes) is 1. The summed E-state index contributed by atoms with van der Waals surface area (Å²) in [7, 11) is 3.61. The monoisotopic (exact) mass is 272 g/mol. The Bertz CT molecular complexity index is 257. The molecule has 0 aliphatic carbocycles. The van der Waals surface area contributed by atoms with Crippen LogP contribution in [-0.2, 0) is 9.53 Å². The van der Waals surface area contributed by atoms with E-state index in [1.165, 1.54) is 7.11 Å². The summed E-state index contributed by atoms with van der Waals surface area (Å²) in [6.07, 6.45) is 2.96. The summed E-state index contributed by atoms with van der Waals surface area (Å²) in [6, 6.07) is 0. The van der Waals surface area contributed by atoms with Gasteiger partial charge in [-0.2, -0.15) is 0 Å². The summed E-state index contributed by atoms with van der Waals surface area (Å²) in [5, 5.41) is 3.24. The van der Waals surface area contributed by atoms with Crippen LogP contribution in [-0.4, -0.2) is 50.2 Å². The van der Waals surface area contributed by atoms with Gasteiger partial charge in [0.1, 0.15) is 5.54 Å². The standard InChI is InChI=1S/C15H32N2O2/c1-7-16-15(4,14(18)19-6)10-8-9-11-17(5)12-13(2)3/h13,16H,7-12H2,1-6H3. The van der Waals surface area contributed by atoms with Crippen molar-refractivity contribution < 1.29 is 9.53 Å². The van der Waals surface area contributed by atoms with Crippen molar-refractivity contribution in [2.75, 3.05) is 33.8 Å². The van der Waals surface area contributed by atoms with E-state index in [2.05, 4.69) is 31.1 Å². The SMILES string of the molecule is CCNC(C)(CCCCN(C)CC(C)C)C(=O)OC. The van der Waals surface area contributed by atoms with Gasteiger partial charge >= 0.3 is 5.97 Å². The lowest BCUT2D eigenvalue weighted by Crippen LogP contribution is -2.50. The first-order chi connectivity index (χ1) is 8.85. The number of nitrogens with zero attached hydrogens (tertiary/aromatic N) is 1. The summed E-state index contributed by atoms with van der Waals surface area (Å²) in [6.45, 7) is 11.4. The minimum Gasteiger partial charge on any atom is -0.468 e. The third-order valence-corrected chi connectivity index (χ3v) is 3.35. The van der Waals surface area contributed by atoms with E-state index in [4.69, 9.17) is 4.74 Å². The Kier molecular flexibility index (Phi) is 9.02. The van der Waals surface area contributed by atoms with E-state index in [0.29, 0.717) is 5.92 Å². The van der Waals surface area contributed by atoms with Crippen LogP contribution in [0.3, 0.4) is 0 Å². The highest BCUT2D eigenvalue weighted by Crippen LogP contribution is 2.16. The van der Waals surface area contributed by atoms with Crippen molar-refractivity contribution in [3.8, 4) is 0 Å². The van der Waals surface area contributed by atoms with Gasteiger partial charge in [0.05, 0.1) is 7.11 Å². The Balaban J connectivity index is 4.03. The number of carbonyl (C=O) groups is 1. The number of carbonyl (C=O) groups excluding carboxylic acids is 1. The highest BCUT2D eigenvalue weighted by Gasteiger charge is 2.32. The van der Waals surface area contributed by atoms with Crippen molar-refractivity contribution in [3.05, 3.63) is 0 Å². The zero-order valence-corrected chi connectivity index (χ0v) is 13.6. The fourth-order valence-electron chi connectivity index (χ4n) is 2.45. The average Bonchev–Trinajstić information content (AvgIpc) is 2.33. The third kappa shape index (κ3) is 7.53. The first-order valence-electron chi connectivity index (χ1n) is 7.37. The van der Waals surface area contributed by atoms with E-state index in [1.54, 1.807) is 0 Å². The molecule has 4 heteroatoms. The predicted octanol–water partition coefficient (Wildman–Crippen LogP) is 2.29. The molecule has 0 rings (SSSR count). The first-order valence-corrected chi connectivity index (χ1v) is 7.37. The summed E-state index contributed by atoms with van der Waals surface area (Å²) in [5.41, 5.74) is -0.542. The van der Waals surface area contributed by atoms with Crippen molar-refractivity contribution in [1.82, 2.24) is 10.2 Å². The Hall–Kier alpha value is -0.610. The van der Waals surface area contributed by atoms with E-state index < -0.39 is 5.54 Å². The van der Waals surface area contributed by atoms with Crippen LogP contribution in [0.2, 0.25) is 0 Å². The van der Waals surface area contributed by atoms with Crippen LogP contribution < -0.4 is 5.32 Å². The van der Waals surface area contributed by atoms with Crippen LogP contribution in [0.4, 0.5) is 0 Å². The molecule has 0 radical (unpaired) electrons. The quantitative estimate of drug-likeness (QED) is 0.489. The van der Waals surface area contributed by atoms with Crippen LogP contribution >= 0.6 is 0 Å². The minimum atomic E-state index is -0.542. The van der Waals surface area contributed by atoms with E-state index in [1.807, 2.05) is 13.8 Å². The number of nitrogens with one attached hydrogen (secondary N) is 1. The van der Waals surface area contributed by atoms with Crippen molar-refractivity contribution in [1.29, 1.82) is 0 Å². The predicted molar refractivity (Wildman–Crippen MR) is 80.3 cm³/mol. The van der Waals surface area contributed by atoms with Crippen LogP contribution in [0.5, 0.6) is 0 Å². The molecule has 0 bridgehead atoms. The average molecular weight is 272 g/mol. The lowest BCUT2D eigenvalue weighted by atomic mass is 9.94. The molecular weight excluding hydrogens is 240 g/mol. The molecule has 1 N–H and O–H groups in total. The Morgan fingerprint density at radius 3 is 2.47 bits per heavy atom. The Morgan fingerprint density at radius 2 is 2.00 bits per heavy atom. The van der Waals surface area contributed by atoms with Gasteiger partial charge < -0.3 is 15.0 Å². The number of esters is 1. The highest BCUT2D eigenvalue weighted by molar-refractivity contribution is 5.80. The molecule has 0 aliphatic rings. The van der Waals surface area contributed by atoms with Gasteiger partial charge in [0.25, 0.3) is 0 Å². The van der Waals surface area contributed by atoms with E-state index in [0.717, 1.165) is 38.9 Å². The third-order valence-electron chi connectivity index (χ3n) is 3.35. The molecule has 0 amide bonds. The summed E-state index contributed by atoms with van der Waals surface area (Å²) in [5.74, 6) is 0.539. The molecule has 0 aromatic rings. The molecule has 0 aromatic heterocycles. The molecule has 114 valence electrons.